The van der Waals surface area contributed by atoms with Gasteiger partial charge in [0.15, 0.2) is 5.69 Å². The first kappa shape index (κ1) is 19.0. The third kappa shape index (κ3) is 5.19. The Bertz CT molecular complexity index is 399. The average Bonchev–Trinajstić information content (AvgIpc) is 2.43. The van der Waals surface area contributed by atoms with Crippen LogP contribution in [0.25, 0.3) is 0 Å². The maximum Gasteiger partial charge on any atom is 0.302 e. The Morgan fingerprint density at radius 3 is 1.53 bits per heavy atom. The van der Waals surface area contributed by atoms with Gasteiger partial charge >= 0.3 is 11.4 Å². The van der Waals surface area contributed by atoms with Crippen LogP contribution in [-0.2, 0) is 0 Å². The fourth-order valence-electron chi connectivity index (χ4n) is 1.02. The minimum atomic E-state index is -0.801. The van der Waals surface area contributed by atoms with E-state index in [0.717, 1.165) is 12.1 Å². The molecule has 0 saturated heterocycles. The fourth-order valence-corrected chi connectivity index (χ4v) is 1.02. The molecule has 8 heteroatoms. The predicted octanol–water partition coefficient (Wildman–Crippen LogP) is 3.15. The van der Waals surface area contributed by atoms with Crippen LogP contribution in [-0.4, -0.2) is 17.0 Å². The van der Waals surface area contributed by atoms with Crippen LogP contribution in [0, 0.1) is 20.2 Å². The number of rotatable bonds is 3. The van der Waals surface area contributed by atoms with Gasteiger partial charge in [-0.25, -0.2) is 0 Å². The SMILES string of the molecule is CC.CC.COc1cc([N+](=O)[O-])c(N)c([N+](=O)[O-])c1. The summed E-state index contributed by atoms with van der Waals surface area (Å²) in [5.74, 6) is 0.0163. The molecule has 1 aromatic rings. The molecule has 0 unspecified atom stereocenters. The number of nitro groups is 2. The Morgan fingerprint density at radius 1 is 1.00 bits per heavy atom. The Balaban J connectivity index is 0. The van der Waals surface area contributed by atoms with E-state index in [2.05, 4.69) is 4.74 Å². The predicted molar refractivity (Wildman–Crippen MR) is 73.4 cm³/mol. The van der Waals surface area contributed by atoms with Crippen molar-refractivity contribution >= 4 is 17.1 Å². The van der Waals surface area contributed by atoms with Gasteiger partial charge in [-0.15, -0.1) is 0 Å². The first-order chi connectivity index (χ1) is 8.97. The first-order valence-corrected chi connectivity index (χ1v) is 5.73. The molecule has 0 aliphatic heterocycles. The van der Waals surface area contributed by atoms with E-state index < -0.39 is 26.9 Å². The standard InChI is InChI=1S/C7H7N3O5.2C2H6/c1-15-4-2-5(9(11)12)7(8)6(3-4)10(13)14;2*1-2/h2-3H,8H2,1H3;2*1-2H3. The van der Waals surface area contributed by atoms with Crippen molar-refractivity contribution in [1.82, 2.24) is 0 Å². The number of benzene rings is 1. The molecule has 0 spiro atoms. The largest absolute Gasteiger partial charge is 0.496 e. The number of nitrogen functional groups attached to an aromatic ring is 1. The van der Waals surface area contributed by atoms with Crippen molar-refractivity contribution < 1.29 is 14.6 Å². The number of nitro benzene ring substituents is 2. The first-order valence-electron chi connectivity index (χ1n) is 5.73. The molecule has 108 valence electrons. The van der Waals surface area contributed by atoms with E-state index in [1.807, 2.05) is 27.7 Å². The maximum absolute atomic E-state index is 10.5. The van der Waals surface area contributed by atoms with Crippen LogP contribution >= 0.6 is 0 Å². The summed E-state index contributed by atoms with van der Waals surface area (Å²) in [4.78, 5) is 19.4. The van der Waals surface area contributed by atoms with Gasteiger partial charge in [0.25, 0.3) is 0 Å². The van der Waals surface area contributed by atoms with Crippen LogP contribution in [0.3, 0.4) is 0 Å². The lowest BCUT2D eigenvalue weighted by Gasteiger charge is -2.02. The van der Waals surface area contributed by atoms with Crippen molar-refractivity contribution in [1.29, 1.82) is 0 Å². The summed E-state index contributed by atoms with van der Waals surface area (Å²) in [6, 6.07) is 2.06. The van der Waals surface area contributed by atoms with Gasteiger partial charge in [0.2, 0.25) is 0 Å². The van der Waals surface area contributed by atoms with Crippen molar-refractivity contribution in [2.75, 3.05) is 12.8 Å². The second-order valence-electron chi connectivity index (χ2n) is 2.59. The molecule has 0 fully saturated rings. The Labute approximate surface area is 111 Å². The Morgan fingerprint density at radius 2 is 1.32 bits per heavy atom. The van der Waals surface area contributed by atoms with E-state index in [1.54, 1.807) is 0 Å². The zero-order chi connectivity index (χ0) is 15.6. The number of hydrogen-bond acceptors (Lipinski definition) is 6. The van der Waals surface area contributed by atoms with Crippen LogP contribution < -0.4 is 10.5 Å². The van der Waals surface area contributed by atoms with Crippen LogP contribution in [0.5, 0.6) is 5.75 Å². The van der Waals surface area contributed by atoms with Gasteiger partial charge in [-0.1, -0.05) is 27.7 Å². The quantitative estimate of drug-likeness (QED) is 0.512. The highest BCUT2D eigenvalue weighted by atomic mass is 16.6. The molecule has 19 heavy (non-hydrogen) atoms. The molecular formula is C11H19N3O5. The van der Waals surface area contributed by atoms with Crippen LogP contribution in [0.2, 0.25) is 0 Å². The second kappa shape index (κ2) is 9.63. The van der Waals surface area contributed by atoms with Crippen molar-refractivity contribution in [3.63, 3.8) is 0 Å². The van der Waals surface area contributed by atoms with E-state index in [9.17, 15) is 20.2 Å². The van der Waals surface area contributed by atoms with Crippen molar-refractivity contribution in [2.45, 2.75) is 27.7 Å². The summed E-state index contributed by atoms with van der Waals surface area (Å²) in [6.07, 6.45) is 0. The molecule has 0 heterocycles. The van der Waals surface area contributed by atoms with E-state index in [4.69, 9.17) is 5.73 Å². The molecule has 0 atom stereocenters. The van der Waals surface area contributed by atoms with Gasteiger partial charge in [-0.05, 0) is 0 Å². The molecule has 8 nitrogen and oxygen atoms in total. The highest BCUT2D eigenvalue weighted by Crippen LogP contribution is 2.35. The van der Waals surface area contributed by atoms with Gasteiger partial charge in [0.1, 0.15) is 5.75 Å². The normalized spacial score (nSPS) is 8.26. The van der Waals surface area contributed by atoms with Gasteiger partial charge in [0.05, 0.1) is 29.1 Å². The summed E-state index contributed by atoms with van der Waals surface area (Å²) in [7, 11) is 1.25. The highest BCUT2D eigenvalue weighted by Gasteiger charge is 2.24. The molecule has 0 aromatic heterocycles. The summed E-state index contributed by atoms with van der Waals surface area (Å²) in [5.41, 5.74) is 3.71. The van der Waals surface area contributed by atoms with Crippen LogP contribution in [0.15, 0.2) is 12.1 Å². The van der Waals surface area contributed by atoms with Crippen LogP contribution in [0.4, 0.5) is 17.1 Å². The molecule has 0 aliphatic carbocycles. The number of nitrogens with two attached hydrogens (primary N) is 1. The Kier molecular flexibility index (Phi) is 9.62. The van der Waals surface area contributed by atoms with Crippen LogP contribution in [0.1, 0.15) is 27.7 Å². The molecular weight excluding hydrogens is 254 g/mol. The zero-order valence-corrected chi connectivity index (χ0v) is 11.7. The van der Waals surface area contributed by atoms with Gasteiger partial charge < -0.3 is 10.5 Å². The lowest BCUT2D eigenvalue weighted by atomic mass is 10.2. The van der Waals surface area contributed by atoms with Crippen molar-refractivity contribution in [3.05, 3.63) is 32.4 Å². The van der Waals surface area contributed by atoms with E-state index in [-0.39, 0.29) is 5.75 Å². The molecule has 1 aromatic carbocycles. The number of methoxy groups -OCH3 is 1. The number of hydrogen-bond donors (Lipinski definition) is 1. The Hall–Kier alpha value is -2.38. The van der Waals surface area contributed by atoms with E-state index in [0.29, 0.717) is 0 Å². The van der Waals surface area contributed by atoms with Gasteiger partial charge in [-0.2, -0.15) is 0 Å². The number of anilines is 1. The van der Waals surface area contributed by atoms with Crippen molar-refractivity contribution in [3.8, 4) is 5.75 Å². The summed E-state index contributed by atoms with van der Waals surface area (Å²) in [5, 5.41) is 21.0. The molecule has 2 N–H and O–H groups in total. The summed E-state index contributed by atoms with van der Waals surface area (Å²) >= 11 is 0. The van der Waals surface area contributed by atoms with E-state index in [1.165, 1.54) is 7.11 Å². The number of nitrogens with zero attached hydrogens (tertiary/aromatic N) is 2. The number of ether oxygens (including phenoxy) is 1. The topological polar surface area (TPSA) is 122 Å². The summed E-state index contributed by atoms with van der Waals surface area (Å²) < 4.78 is 4.69. The lowest BCUT2D eigenvalue weighted by molar-refractivity contribution is -0.392. The lowest BCUT2D eigenvalue weighted by Crippen LogP contribution is -2.01. The monoisotopic (exact) mass is 273 g/mol. The minimum Gasteiger partial charge on any atom is -0.496 e. The maximum atomic E-state index is 10.5. The third-order valence-corrected chi connectivity index (χ3v) is 1.74. The van der Waals surface area contributed by atoms with E-state index >= 15 is 0 Å². The van der Waals surface area contributed by atoms with Gasteiger partial charge in [0, 0.05) is 0 Å². The molecule has 1 rings (SSSR count). The third-order valence-electron chi connectivity index (χ3n) is 1.74. The molecule has 0 aliphatic rings. The summed E-state index contributed by atoms with van der Waals surface area (Å²) in [6.45, 7) is 8.00. The molecule has 0 radical (unpaired) electrons. The van der Waals surface area contributed by atoms with Gasteiger partial charge in [-0.3, -0.25) is 20.2 Å². The smallest absolute Gasteiger partial charge is 0.302 e. The fraction of sp³-hybridized carbons (Fsp3) is 0.455. The highest BCUT2D eigenvalue weighted by molar-refractivity contribution is 5.73. The molecule has 0 saturated carbocycles. The molecule has 0 amide bonds. The molecule has 0 bridgehead atoms. The van der Waals surface area contributed by atoms with Crippen molar-refractivity contribution in [2.24, 2.45) is 0 Å². The average molecular weight is 273 g/mol. The minimum absolute atomic E-state index is 0.0163. The second-order valence-corrected chi connectivity index (χ2v) is 2.59. The zero-order valence-electron chi connectivity index (χ0n) is 11.7.